The van der Waals surface area contributed by atoms with Crippen molar-refractivity contribution in [2.45, 2.75) is 146 Å². The summed E-state index contributed by atoms with van der Waals surface area (Å²) in [6.45, 7) is 15.2. The van der Waals surface area contributed by atoms with Gasteiger partial charge in [0.25, 0.3) is 0 Å². The minimum atomic E-state index is -3.20. The fourth-order valence-corrected chi connectivity index (χ4v) is 14.7. The predicted molar refractivity (Wildman–Crippen MR) is 261 cm³/mol. The standard InChI is InChI=1S/C56H70O11Si/c1-55(2,3)68(56(4,5)6)63-39-46-47(59-34-41-25-15-9-16-26-41)50(67-68)52(62-37-44-31-21-12-22-32-44)54(65-46)66-48-45(38-58-33-40-23-13-8-14-24-40)64-53(57-7)51(61-36-43-29-19-11-20-30-43)49(48)60-35-42-27-17-10-18-28-42/h8-32,45-54H,33-39H2,1-7H3/t45-,46-,47+,48-,49+,50+,51-,52-,53+,54-/m1/s1. The summed E-state index contributed by atoms with van der Waals surface area (Å²) in [5.41, 5.74) is 5.04. The third-order valence-corrected chi connectivity index (χ3v) is 18.1. The van der Waals surface area contributed by atoms with Gasteiger partial charge in [-0.15, -0.1) is 0 Å². The van der Waals surface area contributed by atoms with Crippen molar-refractivity contribution < 1.29 is 51.5 Å². The van der Waals surface area contributed by atoms with Crippen molar-refractivity contribution in [3.8, 4) is 0 Å². The highest BCUT2D eigenvalue weighted by Gasteiger charge is 2.65. The summed E-state index contributed by atoms with van der Waals surface area (Å²) >= 11 is 0. The van der Waals surface area contributed by atoms with E-state index in [0.29, 0.717) is 13.2 Å². The van der Waals surface area contributed by atoms with Gasteiger partial charge in [0.2, 0.25) is 0 Å². The zero-order valence-electron chi connectivity index (χ0n) is 40.6. The molecular formula is C56H70O11Si. The van der Waals surface area contributed by atoms with E-state index in [0.717, 1.165) is 27.8 Å². The number of ether oxygens (including phenoxy) is 9. The predicted octanol–water partition coefficient (Wildman–Crippen LogP) is 10.5. The second-order valence-electron chi connectivity index (χ2n) is 20.0. The molecule has 8 rings (SSSR count). The van der Waals surface area contributed by atoms with Crippen LogP contribution in [0, 0.1) is 0 Å². The van der Waals surface area contributed by atoms with Crippen LogP contribution in [-0.4, -0.2) is 90.3 Å². The first kappa shape index (κ1) is 50.3. The number of hydrogen-bond donors (Lipinski definition) is 0. The van der Waals surface area contributed by atoms with Gasteiger partial charge < -0.3 is 51.5 Å². The normalized spacial score (nSPS) is 27.3. The van der Waals surface area contributed by atoms with Crippen molar-refractivity contribution in [2.24, 2.45) is 0 Å². The van der Waals surface area contributed by atoms with Crippen LogP contribution in [0.15, 0.2) is 152 Å². The fraction of sp³-hybridized carbons (Fsp3) is 0.464. The van der Waals surface area contributed by atoms with Gasteiger partial charge >= 0.3 is 8.56 Å². The van der Waals surface area contributed by atoms with E-state index >= 15 is 0 Å². The van der Waals surface area contributed by atoms with Crippen LogP contribution in [0.25, 0.3) is 0 Å². The number of hydrogen-bond acceptors (Lipinski definition) is 11. The molecule has 0 spiro atoms. The van der Waals surface area contributed by atoms with Crippen molar-refractivity contribution in [2.75, 3.05) is 20.3 Å². The molecule has 0 N–H and O–H groups in total. The number of rotatable bonds is 19. The van der Waals surface area contributed by atoms with Crippen molar-refractivity contribution in [3.05, 3.63) is 179 Å². The van der Waals surface area contributed by atoms with E-state index in [-0.39, 0.29) is 43.1 Å². The molecule has 0 saturated carbocycles. The molecule has 3 fully saturated rings. The number of fused-ring (bicyclic) bond motifs is 2. The SMILES string of the molecule is CO[C@H]1O[C@H](COCc2ccccc2)[C@@H](O[C@H]2O[C@@H]3CO[Si](C(C)(C)C)(C(C)(C)C)O[C@@H]([C@H]3OCc3ccccc3)[C@H]2OCc2ccccc2)[C@H](OCc2ccccc2)[C@H]1OCc1ccccc1. The van der Waals surface area contributed by atoms with Crippen molar-refractivity contribution in [1.82, 2.24) is 0 Å². The molecule has 0 aromatic heterocycles. The smallest absolute Gasteiger partial charge is 0.349 e. The molecule has 0 unspecified atom stereocenters. The van der Waals surface area contributed by atoms with E-state index in [1.807, 2.05) is 140 Å². The molecule has 3 saturated heterocycles. The summed E-state index contributed by atoms with van der Waals surface area (Å²) in [5, 5.41) is -0.722. The van der Waals surface area contributed by atoms with Gasteiger partial charge in [-0.1, -0.05) is 193 Å². The molecule has 0 aliphatic carbocycles. The maximum absolute atomic E-state index is 7.71. The lowest BCUT2D eigenvalue weighted by Crippen LogP contribution is -2.67. The Morgan fingerprint density at radius 3 is 1.32 bits per heavy atom. The van der Waals surface area contributed by atoms with E-state index in [1.54, 1.807) is 7.11 Å². The van der Waals surface area contributed by atoms with E-state index in [1.165, 1.54) is 0 Å². The molecule has 0 amide bonds. The first-order valence-corrected chi connectivity index (χ1v) is 25.8. The molecule has 0 radical (unpaired) electrons. The Labute approximate surface area is 404 Å². The van der Waals surface area contributed by atoms with Crippen molar-refractivity contribution >= 4 is 8.56 Å². The highest BCUT2D eigenvalue weighted by Crippen LogP contribution is 2.55. The first-order valence-electron chi connectivity index (χ1n) is 24.0. The third kappa shape index (κ3) is 12.2. The minimum Gasteiger partial charge on any atom is -0.391 e. The average Bonchev–Trinajstić information content (AvgIpc) is 3.47. The Bertz CT molecular complexity index is 2210. The Morgan fingerprint density at radius 2 is 0.882 bits per heavy atom. The minimum absolute atomic E-state index is 0.150. The van der Waals surface area contributed by atoms with Crippen molar-refractivity contribution in [3.63, 3.8) is 0 Å². The van der Waals surface area contributed by atoms with Crippen LogP contribution < -0.4 is 0 Å². The summed E-state index contributed by atoms with van der Waals surface area (Å²) < 4.78 is 77.0. The van der Waals surface area contributed by atoms with Gasteiger partial charge in [0.1, 0.15) is 48.8 Å². The quantitative estimate of drug-likeness (QED) is 0.0740. The lowest BCUT2D eigenvalue weighted by Gasteiger charge is -2.52. The van der Waals surface area contributed by atoms with Crippen LogP contribution in [0.3, 0.4) is 0 Å². The first-order chi connectivity index (χ1) is 32.9. The Morgan fingerprint density at radius 1 is 0.471 bits per heavy atom. The summed E-state index contributed by atoms with van der Waals surface area (Å²) in [6.07, 6.45) is -7.51. The summed E-state index contributed by atoms with van der Waals surface area (Å²) in [6, 6.07) is 50.5. The summed E-state index contributed by atoms with van der Waals surface area (Å²) in [4.78, 5) is 0. The molecular weight excluding hydrogens is 877 g/mol. The van der Waals surface area contributed by atoms with E-state index < -0.39 is 70.0 Å². The Balaban J connectivity index is 1.20. The average molecular weight is 947 g/mol. The molecule has 10 atom stereocenters. The van der Waals surface area contributed by atoms with Gasteiger partial charge in [-0.3, -0.25) is 0 Å². The fourth-order valence-electron chi connectivity index (χ4n) is 9.79. The maximum Gasteiger partial charge on any atom is 0.349 e. The van der Waals surface area contributed by atoms with Gasteiger partial charge in [-0.05, 0) is 27.8 Å². The van der Waals surface area contributed by atoms with Gasteiger partial charge in [-0.25, -0.2) is 0 Å². The number of benzene rings is 5. The summed E-state index contributed by atoms with van der Waals surface area (Å²) in [5.74, 6) is 0. The monoisotopic (exact) mass is 946 g/mol. The zero-order chi connectivity index (χ0) is 47.6. The second kappa shape index (κ2) is 23.2. The molecule has 5 aromatic rings. The number of methoxy groups -OCH3 is 1. The van der Waals surface area contributed by atoms with E-state index in [2.05, 4.69) is 53.7 Å². The molecule has 11 nitrogen and oxygen atoms in total. The molecule has 3 aliphatic heterocycles. The van der Waals surface area contributed by atoms with Gasteiger partial charge in [0.05, 0.1) is 46.2 Å². The zero-order valence-corrected chi connectivity index (χ0v) is 41.6. The molecule has 3 heterocycles. The maximum atomic E-state index is 7.71. The van der Waals surface area contributed by atoms with Gasteiger partial charge in [0.15, 0.2) is 12.6 Å². The van der Waals surface area contributed by atoms with Crippen LogP contribution in [0.1, 0.15) is 69.4 Å². The van der Waals surface area contributed by atoms with E-state index in [9.17, 15) is 0 Å². The lowest BCUT2D eigenvalue weighted by molar-refractivity contribution is -0.369. The molecule has 364 valence electrons. The highest BCUT2D eigenvalue weighted by atomic mass is 28.4. The molecule has 3 aliphatic rings. The molecule has 2 bridgehead atoms. The Kier molecular flexibility index (Phi) is 17.1. The second-order valence-corrected chi connectivity index (χ2v) is 24.7. The van der Waals surface area contributed by atoms with Crippen molar-refractivity contribution in [1.29, 1.82) is 0 Å². The van der Waals surface area contributed by atoms with Crippen LogP contribution in [0.2, 0.25) is 10.1 Å². The molecule has 68 heavy (non-hydrogen) atoms. The third-order valence-electron chi connectivity index (χ3n) is 13.0. The highest BCUT2D eigenvalue weighted by molar-refractivity contribution is 6.73. The molecule has 5 aromatic carbocycles. The lowest BCUT2D eigenvalue weighted by atomic mass is 9.96. The van der Waals surface area contributed by atoms with Crippen LogP contribution in [0.4, 0.5) is 0 Å². The summed E-state index contributed by atoms with van der Waals surface area (Å²) in [7, 11) is -1.58. The van der Waals surface area contributed by atoms with Gasteiger partial charge in [0, 0.05) is 17.2 Å². The molecule has 12 heteroatoms. The largest absolute Gasteiger partial charge is 0.391 e. The Hall–Kier alpha value is -4.12. The van der Waals surface area contributed by atoms with E-state index in [4.69, 9.17) is 51.5 Å². The van der Waals surface area contributed by atoms with Crippen LogP contribution in [-0.2, 0) is 84.5 Å². The van der Waals surface area contributed by atoms with Crippen LogP contribution in [0.5, 0.6) is 0 Å². The van der Waals surface area contributed by atoms with Gasteiger partial charge in [-0.2, -0.15) is 0 Å². The van der Waals surface area contributed by atoms with Crippen LogP contribution >= 0.6 is 0 Å². The topological polar surface area (TPSA) is 102 Å².